The van der Waals surface area contributed by atoms with Crippen LogP contribution in [0.3, 0.4) is 0 Å². The van der Waals surface area contributed by atoms with E-state index in [1.54, 1.807) is 31.2 Å². The van der Waals surface area contributed by atoms with Crippen LogP contribution in [0.15, 0.2) is 47.4 Å². The molecule has 29 heavy (non-hydrogen) atoms. The first-order chi connectivity index (χ1) is 13.8. The van der Waals surface area contributed by atoms with Crippen molar-refractivity contribution in [3.63, 3.8) is 0 Å². The van der Waals surface area contributed by atoms with E-state index in [0.29, 0.717) is 31.1 Å². The fraction of sp³-hybridized carbons (Fsp3) is 0.381. The molecule has 0 aliphatic heterocycles. The number of rotatable bonds is 11. The zero-order valence-electron chi connectivity index (χ0n) is 17.0. The van der Waals surface area contributed by atoms with Crippen LogP contribution < -0.4 is 19.5 Å². The van der Waals surface area contributed by atoms with E-state index in [1.807, 2.05) is 32.0 Å². The van der Waals surface area contributed by atoms with Crippen molar-refractivity contribution in [2.75, 3.05) is 26.3 Å². The van der Waals surface area contributed by atoms with Crippen molar-refractivity contribution >= 4 is 15.9 Å². The Kier molecular flexibility index (Phi) is 8.48. The molecule has 0 bridgehead atoms. The molecular formula is C21H28N2O5S. The van der Waals surface area contributed by atoms with E-state index in [2.05, 4.69) is 10.0 Å². The Morgan fingerprint density at radius 1 is 0.966 bits per heavy atom. The molecule has 0 aromatic heterocycles. The van der Waals surface area contributed by atoms with Gasteiger partial charge in [0.1, 0.15) is 18.1 Å². The molecule has 0 saturated carbocycles. The lowest BCUT2D eigenvalue weighted by Crippen LogP contribution is -2.33. The third-order valence-corrected chi connectivity index (χ3v) is 5.71. The summed E-state index contributed by atoms with van der Waals surface area (Å²) < 4.78 is 38.2. The van der Waals surface area contributed by atoms with Gasteiger partial charge in [0.05, 0.1) is 18.0 Å². The van der Waals surface area contributed by atoms with Crippen molar-refractivity contribution in [3.05, 3.63) is 53.6 Å². The van der Waals surface area contributed by atoms with Crippen molar-refractivity contribution in [1.29, 1.82) is 0 Å². The molecule has 0 aliphatic carbocycles. The summed E-state index contributed by atoms with van der Waals surface area (Å²) in [4.78, 5) is 12.1. The summed E-state index contributed by atoms with van der Waals surface area (Å²) in [6.45, 7) is 6.77. The van der Waals surface area contributed by atoms with Gasteiger partial charge in [0.25, 0.3) is 0 Å². The van der Waals surface area contributed by atoms with Crippen LogP contribution in [0.25, 0.3) is 0 Å². The maximum Gasteiger partial charge on any atom is 0.240 e. The van der Waals surface area contributed by atoms with E-state index in [4.69, 9.17) is 9.47 Å². The number of amides is 1. The zero-order valence-corrected chi connectivity index (χ0v) is 17.8. The maximum atomic E-state index is 12.4. The van der Waals surface area contributed by atoms with Gasteiger partial charge in [-0.2, -0.15) is 0 Å². The van der Waals surface area contributed by atoms with E-state index in [0.717, 1.165) is 11.3 Å². The Morgan fingerprint density at radius 2 is 1.62 bits per heavy atom. The summed E-state index contributed by atoms with van der Waals surface area (Å²) in [5.74, 6) is 1.21. The number of hydrogen-bond acceptors (Lipinski definition) is 5. The molecule has 2 rings (SSSR count). The van der Waals surface area contributed by atoms with Crippen molar-refractivity contribution in [2.24, 2.45) is 0 Å². The minimum Gasteiger partial charge on any atom is -0.494 e. The van der Waals surface area contributed by atoms with Crippen molar-refractivity contribution < 1.29 is 22.7 Å². The third-order valence-electron chi connectivity index (χ3n) is 4.11. The largest absolute Gasteiger partial charge is 0.494 e. The van der Waals surface area contributed by atoms with Gasteiger partial charge in [-0.3, -0.25) is 4.79 Å². The number of sulfonamides is 1. The van der Waals surface area contributed by atoms with E-state index >= 15 is 0 Å². The van der Waals surface area contributed by atoms with Crippen LogP contribution >= 0.6 is 0 Å². The van der Waals surface area contributed by atoms with Crippen LogP contribution in [0.2, 0.25) is 0 Å². The zero-order chi connectivity index (χ0) is 21.3. The number of carbonyl (C=O) groups excluding carboxylic acids is 1. The van der Waals surface area contributed by atoms with Crippen LogP contribution in [0, 0.1) is 13.8 Å². The van der Waals surface area contributed by atoms with Gasteiger partial charge in [0, 0.05) is 13.0 Å². The van der Waals surface area contributed by atoms with Crippen LogP contribution in [0.4, 0.5) is 0 Å². The minimum absolute atomic E-state index is 0.0291. The summed E-state index contributed by atoms with van der Waals surface area (Å²) in [5.41, 5.74) is 1.53. The second-order valence-electron chi connectivity index (χ2n) is 6.52. The molecule has 1 amide bonds. The van der Waals surface area contributed by atoms with Gasteiger partial charge in [-0.15, -0.1) is 0 Å². The third kappa shape index (κ3) is 7.40. The standard InChI is InChI=1S/C21H28N2O5S/c1-4-27-18-7-9-19(10-8-18)28-14-13-22-21(24)11-12-23-29(25,26)20-15-16(2)5-6-17(20)3/h5-10,15,23H,4,11-14H2,1-3H3,(H,22,24). The predicted octanol–water partition coefficient (Wildman–Crippen LogP) is 2.57. The van der Waals surface area contributed by atoms with E-state index in [1.165, 1.54) is 0 Å². The second kappa shape index (κ2) is 10.8. The monoisotopic (exact) mass is 420 g/mol. The summed E-state index contributed by atoms with van der Waals surface area (Å²) in [6, 6.07) is 12.5. The van der Waals surface area contributed by atoms with Gasteiger partial charge < -0.3 is 14.8 Å². The van der Waals surface area contributed by atoms with Crippen LogP contribution in [0.1, 0.15) is 24.5 Å². The molecule has 0 spiro atoms. The van der Waals surface area contributed by atoms with E-state index in [9.17, 15) is 13.2 Å². The average molecular weight is 421 g/mol. The van der Waals surface area contributed by atoms with E-state index in [-0.39, 0.29) is 23.8 Å². The first kappa shape index (κ1) is 22.7. The normalized spacial score (nSPS) is 11.1. The molecule has 2 N–H and O–H groups in total. The highest BCUT2D eigenvalue weighted by molar-refractivity contribution is 7.89. The first-order valence-electron chi connectivity index (χ1n) is 9.51. The number of carbonyl (C=O) groups is 1. The quantitative estimate of drug-likeness (QED) is 0.545. The Bertz CT molecular complexity index is 911. The Balaban J connectivity index is 1.68. The number of ether oxygens (including phenoxy) is 2. The SMILES string of the molecule is CCOc1ccc(OCCNC(=O)CCNS(=O)(=O)c2cc(C)ccc2C)cc1. The molecule has 0 radical (unpaired) electrons. The predicted molar refractivity (Wildman–Crippen MR) is 112 cm³/mol. The summed E-state index contributed by atoms with van der Waals surface area (Å²) in [5, 5.41) is 2.71. The van der Waals surface area contributed by atoms with Gasteiger partial charge in [0.2, 0.25) is 15.9 Å². The fourth-order valence-corrected chi connectivity index (χ4v) is 3.98. The topological polar surface area (TPSA) is 93.7 Å². The highest BCUT2D eigenvalue weighted by Crippen LogP contribution is 2.17. The number of hydrogen-bond donors (Lipinski definition) is 2. The van der Waals surface area contributed by atoms with Crippen LogP contribution in [-0.4, -0.2) is 40.6 Å². The van der Waals surface area contributed by atoms with Crippen LogP contribution in [0.5, 0.6) is 11.5 Å². The van der Waals surface area contributed by atoms with Crippen LogP contribution in [-0.2, 0) is 14.8 Å². The number of nitrogens with one attached hydrogen (secondary N) is 2. The minimum atomic E-state index is -3.64. The molecule has 158 valence electrons. The van der Waals surface area contributed by atoms with Gasteiger partial charge in [0.15, 0.2) is 0 Å². The fourth-order valence-electron chi connectivity index (χ4n) is 2.62. The summed E-state index contributed by atoms with van der Waals surface area (Å²) in [6.07, 6.45) is 0.0488. The number of benzene rings is 2. The highest BCUT2D eigenvalue weighted by Gasteiger charge is 2.16. The molecule has 2 aromatic rings. The van der Waals surface area contributed by atoms with Gasteiger partial charge in [-0.1, -0.05) is 12.1 Å². The van der Waals surface area contributed by atoms with E-state index < -0.39 is 10.0 Å². The molecule has 2 aromatic carbocycles. The summed E-state index contributed by atoms with van der Waals surface area (Å²) >= 11 is 0. The van der Waals surface area contributed by atoms with Crippen molar-refractivity contribution in [1.82, 2.24) is 10.0 Å². The molecule has 0 heterocycles. The Morgan fingerprint density at radius 3 is 2.28 bits per heavy atom. The van der Waals surface area contributed by atoms with Gasteiger partial charge in [-0.25, -0.2) is 13.1 Å². The smallest absolute Gasteiger partial charge is 0.240 e. The second-order valence-corrected chi connectivity index (χ2v) is 8.25. The highest BCUT2D eigenvalue weighted by atomic mass is 32.2. The molecule has 8 heteroatoms. The average Bonchev–Trinajstić information content (AvgIpc) is 2.68. The number of aryl methyl sites for hydroxylation is 2. The Labute approximate surface area is 172 Å². The molecule has 7 nitrogen and oxygen atoms in total. The Hall–Kier alpha value is -2.58. The summed E-state index contributed by atoms with van der Waals surface area (Å²) in [7, 11) is -3.64. The molecule has 0 saturated heterocycles. The van der Waals surface area contributed by atoms with Crippen molar-refractivity contribution in [3.8, 4) is 11.5 Å². The maximum absolute atomic E-state index is 12.4. The first-order valence-corrected chi connectivity index (χ1v) is 11.0. The molecule has 0 fully saturated rings. The molecule has 0 atom stereocenters. The van der Waals surface area contributed by atoms with Gasteiger partial charge >= 0.3 is 0 Å². The molecule has 0 unspecified atom stereocenters. The lowest BCUT2D eigenvalue weighted by Gasteiger charge is -2.11. The molecular weight excluding hydrogens is 392 g/mol. The van der Waals surface area contributed by atoms with Crippen molar-refractivity contribution in [2.45, 2.75) is 32.1 Å². The molecule has 0 aliphatic rings. The lowest BCUT2D eigenvalue weighted by atomic mass is 10.2. The lowest BCUT2D eigenvalue weighted by molar-refractivity contribution is -0.121. The van der Waals surface area contributed by atoms with Gasteiger partial charge in [-0.05, 0) is 62.2 Å².